The fourth-order valence-corrected chi connectivity index (χ4v) is 4.08. The van der Waals surface area contributed by atoms with Gasteiger partial charge >= 0.3 is 6.36 Å². The Bertz CT molecular complexity index is 1350. The van der Waals surface area contributed by atoms with Crippen molar-refractivity contribution < 1.29 is 22.7 Å². The van der Waals surface area contributed by atoms with Crippen LogP contribution in [0.3, 0.4) is 0 Å². The Kier molecular flexibility index (Phi) is 4.88. The number of nitrogens with zero attached hydrogens (tertiary/aromatic N) is 4. The second-order valence-electron chi connectivity index (χ2n) is 8.09. The van der Waals surface area contributed by atoms with Crippen molar-refractivity contribution in [1.29, 1.82) is 0 Å². The van der Waals surface area contributed by atoms with Gasteiger partial charge in [-0.2, -0.15) is 0 Å². The quantitative estimate of drug-likeness (QED) is 0.470. The minimum atomic E-state index is -4.75. The zero-order valence-electron chi connectivity index (χ0n) is 17.6. The maximum absolute atomic E-state index is 13.6. The summed E-state index contributed by atoms with van der Waals surface area (Å²) in [5.74, 6) is -0.105. The molecule has 2 aromatic carbocycles. The van der Waals surface area contributed by atoms with Crippen LogP contribution in [0.4, 0.5) is 19.0 Å². The molecule has 0 saturated heterocycles. The SMILES string of the molecule is CC(c1ccc(OC(F)(F)F)cc1)N(C(=O)c1ccc2nc(N)c3cncn3c2c1)C1CC1. The van der Waals surface area contributed by atoms with Gasteiger partial charge in [-0.05, 0) is 55.7 Å². The molecule has 1 amide bonds. The molecule has 4 aromatic rings. The van der Waals surface area contributed by atoms with Crippen LogP contribution in [0, 0.1) is 0 Å². The number of aromatic nitrogens is 3. The average Bonchev–Trinajstić information content (AvgIpc) is 3.46. The van der Waals surface area contributed by atoms with Crippen molar-refractivity contribution in [3.8, 4) is 5.75 Å². The van der Waals surface area contributed by atoms with Gasteiger partial charge in [-0.25, -0.2) is 9.97 Å². The van der Waals surface area contributed by atoms with Crippen molar-refractivity contribution in [1.82, 2.24) is 19.3 Å². The Labute approximate surface area is 186 Å². The third kappa shape index (κ3) is 4.04. The number of alkyl halides is 3. The predicted molar refractivity (Wildman–Crippen MR) is 116 cm³/mol. The molecular weight excluding hydrogens is 435 g/mol. The summed E-state index contributed by atoms with van der Waals surface area (Å²) in [6, 6.07) is 10.6. The number of halogens is 3. The van der Waals surface area contributed by atoms with Gasteiger partial charge in [-0.3, -0.25) is 9.20 Å². The molecule has 1 saturated carbocycles. The zero-order chi connectivity index (χ0) is 23.3. The summed E-state index contributed by atoms with van der Waals surface area (Å²) in [4.78, 5) is 23.9. The topological polar surface area (TPSA) is 85.8 Å². The molecule has 33 heavy (non-hydrogen) atoms. The Hall–Kier alpha value is -3.82. The molecule has 170 valence electrons. The third-order valence-electron chi connectivity index (χ3n) is 5.81. The molecule has 10 heteroatoms. The largest absolute Gasteiger partial charge is 0.573 e. The monoisotopic (exact) mass is 455 g/mol. The number of anilines is 1. The Morgan fingerprint density at radius 1 is 1.18 bits per heavy atom. The van der Waals surface area contributed by atoms with E-state index in [9.17, 15) is 18.0 Å². The van der Waals surface area contributed by atoms with E-state index in [4.69, 9.17) is 5.73 Å². The van der Waals surface area contributed by atoms with Crippen LogP contribution in [0.25, 0.3) is 16.6 Å². The number of nitrogen functional groups attached to an aromatic ring is 1. The van der Waals surface area contributed by atoms with E-state index in [1.807, 2.05) is 6.92 Å². The van der Waals surface area contributed by atoms with Crippen LogP contribution < -0.4 is 10.5 Å². The Morgan fingerprint density at radius 3 is 2.58 bits per heavy atom. The number of carbonyl (C=O) groups is 1. The smallest absolute Gasteiger partial charge is 0.406 e. The number of rotatable bonds is 5. The third-order valence-corrected chi connectivity index (χ3v) is 5.81. The van der Waals surface area contributed by atoms with Gasteiger partial charge < -0.3 is 15.4 Å². The van der Waals surface area contributed by atoms with E-state index in [1.165, 1.54) is 12.1 Å². The highest BCUT2D eigenvalue weighted by molar-refractivity contribution is 5.98. The van der Waals surface area contributed by atoms with Crippen molar-refractivity contribution in [3.05, 3.63) is 66.1 Å². The molecule has 1 aliphatic carbocycles. The highest BCUT2D eigenvalue weighted by Gasteiger charge is 2.37. The maximum atomic E-state index is 13.6. The summed E-state index contributed by atoms with van der Waals surface area (Å²) in [7, 11) is 0. The normalized spacial score (nSPS) is 15.0. The van der Waals surface area contributed by atoms with Crippen LogP contribution in [0.15, 0.2) is 55.0 Å². The van der Waals surface area contributed by atoms with Gasteiger partial charge in [-0.15, -0.1) is 13.2 Å². The van der Waals surface area contributed by atoms with E-state index in [1.54, 1.807) is 52.2 Å². The number of benzene rings is 2. The first-order valence-electron chi connectivity index (χ1n) is 10.4. The lowest BCUT2D eigenvalue weighted by Crippen LogP contribution is -2.35. The summed E-state index contributed by atoms with van der Waals surface area (Å²) in [5, 5.41) is 0. The van der Waals surface area contributed by atoms with Crippen LogP contribution in [-0.2, 0) is 0 Å². The highest BCUT2D eigenvalue weighted by atomic mass is 19.4. The first-order valence-corrected chi connectivity index (χ1v) is 10.4. The van der Waals surface area contributed by atoms with Crippen molar-refractivity contribution in [2.45, 2.75) is 38.2 Å². The lowest BCUT2D eigenvalue weighted by molar-refractivity contribution is -0.274. The van der Waals surface area contributed by atoms with Crippen LogP contribution in [0.1, 0.15) is 41.7 Å². The molecule has 2 heterocycles. The van der Waals surface area contributed by atoms with Gasteiger partial charge in [0.1, 0.15) is 17.1 Å². The van der Waals surface area contributed by atoms with Crippen LogP contribution in [0.5, 0.6) is 5.75 Å². The summed E-state index contributed by atoms with van der Waals surface area (Å²) in [6.45, 7) is 1.87. The maximum Gasteiger partial charge on any atom is 0.573 e. The summed E-state index contributed by atoms with van der Waals surface area (Å²) in [5.41, 5.74) is 9.20. The number of nitrogens with two attached hydrogens (primary N) is 1. The van der Waals surface area contributed by atoms with Crippen LogP contribution in [0.2, 0.25) is 0 Å². The molecule has 0 bridgehead atoms. The summed E-state index contributed by atoms with van der Waals surface area (Å²) < 4.78 is 43.1. The number of amides is 1. The van der Waals surface area contributed by atoms with Gasteiger partial charge in [0.25, 0.3) is 5.91 Å². The lowest BCUT2D eigenvalue weighted by Gasteiger charge is -2.30. The molecular formula is C23H20F3N5O2. The van der Waals surface area contributed by atoms with E-state index in [0.29, 0.717) is 27.9 Å². The molecule has 1 aliphatic rings. The van der Waals surface area contributed by atoms with Gasteiger partial charge in [0.2, 0.25) is 0 Å². The number of ether oxygens (including phenoxy) is 1. The molecule has 1 fully saturated rings. The van der Waals surface area contributed by atoms with Gasteiger partial charge in [0.15, 0.2) is 0 Å². The number of hydrogen-bond acceptors (Lipinski definition) is 5. The first kappa shape index (κ1) is 21.0. The fraction of sp³-hybridized carbons (Fsp3) is 0.261. The highest BCUT2D eigenvalue weighted by Crippen LogP contribution is 2.36. The summed E-state index contributed by atoms with van der Waals surface area (Å²) >= 11 is 0. The first-order chi connectivity index (χ1) is 15.7. The van der Waals surface area contributed by atoms with Crippen molar-refractivity contribution in [2.24, 2.45) is 0 Å². The lowest BCUT2D eigenvalue weighted by atomic mass is 10.0. The number of carbonyl (C=O) groups excluding carboxylic acids is 1. The molecule has 5 rings (SSSR count). The average molecular weight is 455 g/mol. The van der Waals surface area contributed by atoms with Crippen LogP contribution in [-0.4, -0.2) is 37.6 Å². The molecule has 7 nitrogen and oxygen atoms in total. The Balaban J connectivity index is 1.46. The van der Waals surface area contributed by atoms with Gasteiger partial charge in [-0.1, -0.05) is 12.1 Å². The summed E-state index contributed by atoms with van der Waals surface area (Å²) in [6.07, 6.45) is 0.238. The molecule has 0 spiro atoms. The number of fused-ring (bicyclic) bond motifs is 3. The second-order valence-corrected chi connectivity index (χ2v) is 8.09. The minimum absolute atomic E-state index is 0.0760. The van der Waals surface area contributed by atoms with Crippen molar-refractivity contribution >= 4 is 28.3 Å². The van der Waals surface area contributed by atoms with Crippen molar-refractivity contribution in [2.75, 3.05) is 5.73 Å². The minimum Gasteiger partial charge on any atom is -0.406 e. The molecule has 0 aliphatic heterocycles. The van der Waals surface area contributed by atoms with E-state index in [-0.39, 0.29) is 23.7 Å². The number of hydrogen-bond donors (Lipinski definition) is 1. The standard InChI is InChI=1S/C23H20F3N5O2/c1-13(14-2-7-17(8-3-14)33-23(24,25)26)31(16-5-6-16)22(32)15-4-9-18-19(10-15)30-12-28-11-20(30)21(27)29-18/h2-4,7-13,16H,5-6H2,1H3,(H2,27,29). The molecule has 0 radical (unpaired) electrons. The van der Waals surface area contributed by atoms with E-state index >= 15 is 0 Å². The molecule has 1 unspecified atom stereocenters. The predicted octanol–water partition coefficient (Wildman–Crippen LogP) is 4.73. The van der Waals surface area contributed by atoms with E-state index in [0.717, 1.165) is 18.4 Å². The van der Waals surface area contributed by atoms with Crippen LogP contribution >= 0.6 is 0 Å². The van der Waals surface area contributed by atoms with E-state index < -0.39 is 6.36 Å². The van der Waals surface area contributed by atoms with Gasteiger partial charge in [0, 0.05) is 11.6 Å². The van der Waals surface area contributed by atoms with Gasteiger partial charge in [0.05, 0.1) is 29.6 Å². The second kappa shape index (κ2) is 7.65. The molecule has 1 atom stereocenters. The Morgan fingerprint density at radius 2 is 1.91 bits per heavy atom. The fourth-order valence-electron chi connectivity index (χ4n) is 4.08. The number of imidazole rings is 1. The zero-order valence-corrected chi connectivity index (χ0v) is 17.6. The van der Waals surface area contributed by atoms with E-state index in [2.05, 4.69) is 14.7 Å². The molecule has 2 N–H and O–H groups in total. The molecule has 2 aromatic heterocycles. The van der Waals surface area contributed by atoms with Crippen molar-refractivity contribution in [3.63, 3.8) is 0 Å².